The predicted molar refractivity (Wildman–Crippen MR) is 111 cm³/mol. The quantitative estimate of drug-likeness (QED) is 0.495. The summed E-state index contributed by atoms with van der Waals surface area (Å²) in [6, 6.07) is 1.87. The van der Waals surface area contributed by atoms with Crippen LogP contribution in [0.4, 0.5) is 5.82 Å². The van der Waals surface area contributed by atoms with E-state index < -0.39 is 0 Å². The first-order chi connectivity index (χ1) is 13.6. The molecule has 0 radical (unpaired) electrons. The summed E-state index contributed by atoms with van der Waals surface area (Å²) in [6.07, 6.45) is 14.3. The van der Waals surface area contributed by atoms with Crippen LogP contribution in [0.2, 0.25) is 0 Å². The zero-order chi connectivity index (χ0) is 20.2. The van der Waals surface area contributed by atoms with Gasteiger partial charge in [-0.1, -0.05) is 69.9 Å². The number of aryl methyl sites for hydroxylation is 1. The largest absolute Gasteiger partial charge is 0.360 e. The first kappa shape index (κ1) is 22.4. The highest BCUT2D eigenvalue weighted by molar-refractivity contribution is 5.93. The average molecular weight is 392 g/mol. The van der Waals surface area contributed by atoms with Gasteiger partial charge in [0.25, 0.3) is 0 Å². The van der Waals surface area contributed by atoms with E-state index in [1.54, 1.807) is 13.0 Å². The van der Waals surface area contributed by atoms with Crippen LogP contribution >= 0.6 is 0 Å². The first-order valence-electron chi connectivity index (χ1n) is 11.1. The van der Waals surface area contributed by atoms with Crippen molar-refractivity contribution in [3.8, 4) is 0 Å². The summed E-state index contributed by atoms with van der Waals surface area (Å²) in [5, 5.41) is 6.55. The molecule has 1 N–H and O–H groups in total. The molecule has 1 aromatic rings. The lowest BCUT2D eigenvalue weighted by atomic mass is 9.93. The molecule has 2 amide bonds. The van der Waals surface area contributed by atoms with Crippen LogP contribution in [0, 0.1) is 6.92 Å². The lowest BCUT2D eigenvalue weighted by molar-refractivity contribution is -0.137. The number of nitrogens with zero attached hydrogens (tertiary/aromatic N) is 2. The van der Waals surface area contributed by atoms with E-state index in [-0.39, 0.29) is 24.4 Å². The molecule has 0 unspecified atom stereocenters. The van der Waals surface area contributed by atoms with Crippen LogP contribution in [0.15, 0.2) is 10.6 Å². The maximum absolute atomic E-state index is 12.9. The van der Waals surface area contributed by atoms with Crippen LogP contribution in [0.25, 0.3) is 0 Å². The second-order valence-electron chi connectivity index (χ2n) is 8.06. The van der Waals surface area contributed by atoms with Crippen molar-refractivity contribution >= 4 is 17.6 Å². The van der Waals surface area contributed by atoms with Crippen molar-refractivity contribution in [1.29, 1.82) is 0 Å². The molecular weight excluding hydrogens is 354 g/mol. The molecular formula is C22H37N3O3. The highest BCUT2D eigenvalue weighted by Crippen LogP contribution is 2.24. The lowest BCUT2D eigenvalue weighted by Gasteiger charge is -2.34. The number of nitrogens with one attached hydrogen (secondary N) is 1. The number of unbranched alkanes of at least 4 members (excludes halogenated alkanes) is 6. The van der Waals surface area contributed by atoms with Crippen molar-refractivity contribution in [2.24, 2.45) is 0 Å². The maximum Gasteiger partial charge on any atom is 0.245 e. The Balaban J connectivity index is 1.82. The number of carbonyl (C=O) groups is 2. The summed E-state index contributed by atoms with van der Waals surface area (Å²) in [5.74, 6) is 0.971. The summed E-state index contributed by atoms with van der Waals surface area (Å²) < 4.78 is 4.99. The van der Waals surface area contributed by atoms with E-state index in [0.717, 1.165) is 38.5 Å². The highest BCUT2D eigenvalue weighted by Gasteiger charge is 2.27. The minimum atomic E-state index is -0.202. The molecule has 0 saturated heterocycles. The van der Waals surface area contributed by atoms with Gasteiger partial charge >= 0.3 is 0 Å². The Kier molecular flexibility index (Phi) is 10.1. The summed E-state index contributed by atoms with van der Waals surface area (Å²) in [4.78, 5) is 27.2. The Labute approximate surface area is 169 Å². The minimum absolute atomic E-state index is 0.103. The number of rotatable bonds is 12. The normalized spacial score (nSPS) is 14.8. The third-order valence-corrected chi connectivity index (χ3v) is 5.54. The molecule has 1 aliphatic carbocycles. The molecule has 0 spiro atoms. The van der Waals surface area contributed by atoms with Gasteiger partial charge in [0.15, 0.2) is 5.82 Å². The van der Waals surface area contributed by atoms with Crippen LogP contribution in [-0.2, 0) is 9.59 Å². The standard InChI is InChI=1S/C22H37N3O3/c1-3-4-5-6-7-8-12-15-22(27)25(19-13-10-9-11-14-19)17-21(26)23-20-16-18(2)28-24-20/h16,19H,3-15,17H2,1-2H3,(H,23,24,26). The number of anilines is 1. The molecule has 158 valence electrons. The fourth-order valence-electron chi connectivity index (χ4n) is 3.95. The smallest absolute Gasteiger partial charge is 0.245 e. The second kappa shape index (κ2) is 12.6. The van der Waals surface area contributed by atoms with Crippen LogP contribution in [0.1, 0.15) is 96.2 Å². The van der Waals surface area contributed by atoms with Crippen molar-refractivity contribution in [3.63, 3.8) is 0 Å². The molecule has 28 heavy (non-hydrogen) atoms. The number of carbonyl (C=O) groups excluding carboxylic acids is 2. The van der Waals surface area contributed by atoms with Crippen molar-refractivity contribution in [2.45, 2.75) is 103 Å². The fourth-order valence-corrected chi connectivity index (χ4v) is 3.95. The summed E-state index contributed by atoms with van der Waals surface area (Å²) in [5.41, 5.74) is 0. The molecule has 0 aromatic carbocycles. The number of hydrogen-bond donors (Lipinski definition) is 1. The number of aromatic nitrogens is 1. The van der Waals surface area contributed by atoms with E-state index in [1.165, 1.54) is 38.5 Å². The third-order valence-electron chi connectivity index (χ3n) is 5.54. The first-order valence-corrected chi connectivity index (χ1v) is 11.1. The Morgan fingerprint density at radius 1 is 1.11 bits per heavy atom. The maximum atomic E-state index is 12.9. The molecule has 0 atom stereocenters. The molecule has 2 rings (SSSR count). The van der Waals surface area contributed by atoms with Crippen LogP contribution in [-0.4, -0.2) is 34.5 Å². The molecule has 0 bridgehead atoms. The van der Waals surface area contributed by atoms with E-state index >= 15 is 0 Å². The molecule has 1 saturated carbocycles. The van der Waals surface area contributed by atoms with E-state index in [1.807, 2.05) is 4.90 Å². The molecule has 1 aliphatic rings. The van der Waals surface area contributed by atoms with Gasteiger partial charge in [0.05, 0.1) is 0 Å². The average Bonchev–Trinajstić information content (AvgIpc) is 3.10. The highest BCUT2D eigenvalue weighted by atomic mass is 16.5. The van der Waals surface area contributed by atoms with Crippen LogP contribution in [0.3, 0.4) is 0 Å². The van der Waals surface area contributed by atoms with Crippen LogP contribution in [0.5, 0.6) is 0 Å². The summed E-state index contributed by atoms with van der Waals surface area (Å²) in [6.45, 7) is 4.10. The summed E-state index contributed by atoms with van der Waals surface area (Å²) in [7, 11) is 0. The lowest BCUT2D eigenvalue weighted by Crippen LogP contribution is -2.45. The van der Waals surface area contributed by atoms with Gasteiger partial charge < -0.3 is 14.7 Å². The van der Waals surface area contributed by atoms with E-state index in [0.29, 0.717) is 18.0 Å². The van der Waals surface area contributed by atoms with Gasteiger partial charge in [-0.3, -0.25) is 9.59 Å². The predicted octanol–water partition coefficient (Wildman–Crippen LogP) is 5.22. The van der Waals surface area contributed by atoms with Crippen molar-refractivity contribution in [3.05, 3.63) is 11.8 Å². The Hall–Kier alpha value is -1.85. The third kappa shape index (κ3) is 8.03. The van der Waals surface area contributed by atoms with Gasteiger partial charge in [-0.15, -0.1) is 0 Å². The van der Waals surface area contributed by atoms with E-state index in [9.17, 15) is 9.59 Å². The Morgan fingerprint density at radius 3 is 2.43 bits per heavy atom. The zero-order valence-electron chi connectivity index (χ0n) is 17.7. The van der Waals surface area contributed by atoms with Crippen LogP contribution < -0.4 is 5.32 Å². The number of hydrogen-bond acceptors (Lipinski definition) is 4. The van der Waals surface area contributed by atoms with E-state index in [2.05, 4.69) is 17.4 Å². The molecule has 1 aromatic heterocycles. The van der Waals surface area contributed by atoms with Gasteiger partial charge in [0, 0.05) is 18.5 Å². The fraction of sp³-hybridized carbons (Fsp3) is 0.773. The van der Waals surface area contributed by atoms with Crippen molar-refractivity contribution in [2.75, 3.05) is 11.9 Å². The Morgan fingerprint density at radius 2 is 1.79 bits per heavy atom. The van der Waals surface area contributed by atoms with Gasteiger partial charge in [0.2, 0.25) is 11.8 Å². The zero-order valence-corrected chi connectivity index (χ0v) is 17.7. The van der Waals surface area contributed by atoms with Gasteiger partial charge in [-0.25, -0.2) is 0 Å². The van der Waals surface area contributed by atoms with Crippen molar-refractivity contribution in [1.82, 2.24) is 10.1 Å². The molecule has 6 heteroatoms. The second-order valence-corrected chi connectivity index (χ2v) is 8.06. The molecule has 1 fully saturated rings. The molecule has 0 aliphatic heterocycles. The van der Waals surface area contributed by atoms with E-state index in [4.69, 9.17) is 4.52 Å². The van der Waals surface area contributed by atoms with Gasteiger partial charge in [-0.05, 0) is 26.2 Å². The molecule has 6 nitrogen and oxygen atoms in total. The molecule has 1 heterocycles. The van der Waals surface area contributed by atoms with Crippen molar-refractivity contribution < 1.29 is 14.1 Å². The number of amides is 2. The van der Waals surface area contributed by atoms with Gasteiger partial charge in [-0.2, -0.15) is 0 Å². The summed E-state index contributed by atoms with van der Waals surface area (Å²) >= 11 is 0. The van der Waals surface area contributed by atoms with Gasteiger partial charge in [0.1, 0.15) is 12.3 Å². The Bertz CT molecular complexity index is 594. The SMILES string of the molecule is CCCCCCCCCC(=O)N(CC(=O)Nc1cc(C)on1)C1CCCCC1. The topological polar surface area (TPSA) is 75.4 Å². The monoisotopic (exact) mass is 391 g/mol. The minimum Gasteiger partial charge on any atom is -0.360 e.